The van der Waals surface area contributed by atoms with Crippen LogP contribution < -0.4 is 0 Å². The number of amides is 1. The second kappa shape index (κ2) is 5.62. The van der Waals surface area contributed by atoms with Gasteiger partial charge in [-0.3, -0.25) is 14.3 Å². The molecule has 0 bridgehead atoms. The highest BCUT2D eigenvalue weighted by atomic mass is 16.5. The van der Waals surface area contributed by atoms with Gasteiger partial charge in [0, 0.05) is 19.8 Å². The minimum absolute atomic E-state index is 0.149. The van der Waals surface area contributed by atoms with Gasteiger partial charge in [0.1, 0.15) is 5.92 Å². The van der Waals surface area contributed by atoms with E-state index in [9.17, 15) is 14.7 Å². The van der Waals surface area contributed by atoms with E-state index in [0.717, 1.165) is 0 Å². The zero-order valence-electron chi connectivity index (χ0n) is 11.9. The summed E-state index contributed by atoms with van der Waals surface area (Å²) in [7, 11) is 1.75. The molecule has 7 nitrogen and oxygen atoms in total. The van der Waals surface area contributed by atoms with Crippen LogP contribution in [0, 0.1) is 12.8 Å². The van der Waals surface area contributed by atoms with Crippen LogP contribution in [-0.2, 0) is 16.6 Å². The molecule has 1 saturated heterocycles. The van der Waals surface area contributed by atoms with Crippen molar-refractivity contribution >= 4 is 11.9 Å². The van der Waals surface area contributed by atoms with Crippen LogP contribution in [0.25, 0.3) is 0 Å². The summed E-state index contributed by atoms with van der Waals surface area (Å²) in [5.41, 5.74) is 1.15. The quantitative estimate of drug-likeness (QED) is 0.857. The molecule has 1 aliphatic rings. The van der Waals surface area contributed by atoms with Gasteiger partial charge in [-0.2, -0.15) is 5.10 Å². The SMILES string of the molecule is CCN(C(=O)c1cn(C)nc1C)C1COCC1C(=O)O. The van der Waals surface area contributed by atoms with Crippen molar-refractivity contribution < 1.29 is 19.4 Å². The highest BCUT2D eigenvalue weighted by Crippen LogP contribution is 2.22. The predicted molar refractivity (Wildman–Crippen MR) is 70.4 cm³/mol. The Kier molecular flexibility index (Phi) is 4.08. The summed E-state index contributed by atoms with van der Waals surface area (Å²) in [5, 5.41) is 13.4. The van der Waals surface area contributed by atoms with E-state index in [1.807, 2.05) is 6.92 Å². The fraction of sp³-hybridized carbons (Fsp3) is 0.615. The maximum atomic E-state index is 12.6. The van der Waals surface area contributed by atoms with E-state index >= 15 is 0 Å². The third-order valence-electron chi connectivity index (χ3n) is 3.61. The van der Waals surface area contributed by atoms with Gasteiger partial charge in [0.2, 0.25) is 0 Å². The number of aliphatic carboxylic acids is 1. The number of carboxylic acid groups (broad SMARTS) is 1. The Morgan fingerprint density at radius 2 is 2.25 bits per heavy atom. The minimum atomic E-state index is -0.929. The van der Waals surface area contributed by atoms with Crippen LogP contribution in [0.2, 0.25) is 0 Å². The van der Waals surface area contributed by atoms with Crippen LogP contribution in [0.15, 0.2) is 6.20 Å². The summed E-state index contributed by atoms with van der Waals surface area (Å²) in [6, 6.07) is -0.426. The number of carbonyl (C=O) groups is 2. The Morgan fingerprint density at radius 1 is 1.55 bits per heavy atom. The highest BCUT2D eigenvalue weighted by Gasteiger charge is 2.40. The molecule has 1 fully saturated rings. The van der Waals surface area contributed by atoms with E-state index in [-0.39, 0.29) is 19.1 Å². The number of hydrogen-bond acceptors (Lipinski definition) is 4. The van der Waals surface area contributed by atoms with Crippen molar-refractivity contribution in [1.29, 1.82) is 0 Å². The molecule has 7 heteroatoms. The Labute approximate surface area is 117 Å². The fourth-order valence-corrected chi connectivity index (χ4v) is 2.58. The van der Waals surface area contributed by atoms with Gasteiger partial charge in [-0.1, -0.05) is 0 Å². The average molecular weight is 281 g/mol. The molecule has 1 N–H and O–H groups in total. The van der Waals surface area contributed by atoms with Gasteiger partial charge in [-0.15, -0.1) is 0 Å². The smallest absolute Gasteiger partial charge is 0.311 e. The third kappa shape index (κ3) is 2.53. The monoisotopic (exact) mass is 281 g/mol. The van der Waals surface area contributed by atoms with Crippen molar-refractivity contribution in [2.45, 2.75) is 19.9 Å². The summed E-state index contributed by atoms with van der Waals surface area (Å²) >= 11 is 0. The molecule has 2 unspecified atom stereocenters. The number of hydrogen-bond donors (Lipinski definition) is 1. The van der Waals surface area contributed by atoms with Crippen molar-refractivity contribution in [2.24, 2.45) is 13.0 Å². The van der Waals surface area contributed by atoms with Gasteiger partial charge < -0.3 is 14.7 Å². The zero-order chi connectivity index (χ0) is 14.9. The van der Waals surface area contributed by atoms with Gasteiger partial charge >= 0.3 is 5.97 Å². The predicted octanol–water partition coefficient (Wildman–Crippen LogP) is 0.290. The molecule has 0 aliphatic carbocycles. The fourth-order valence-electron chi connectivity index (χ4n) is 2.58. The van der Waals surface area contributed by atoms with Gasteiger partial charge in [0.05, 0.1) is 30.5 Å². The molecule has 110 valence electrons. The Hall–Kier alpha value is -1.89. The van der Waals surface area contributed by atoms with Crippen LogP contribution in [0.1, 0.15) is 23.0 Å². The summed E-state index contributed by atoms with van der Waals surface area (Å²) in [5.74, 6) is -1.79. The van der Waals surface area contributed by atoms with Crippen molar-refractivity contribution in [3.05, 3.63) is 17.5 Å². The number of nitrogens with zero attached hydrogens (tertiary/aromatic N) is 3. The van der Waals surface area contributed by atoms with E-state index in [0.29, 0.717) is 17.8 Å². The molecule has 1 aromatic heterocycles. The van der Waals surface area contributed by atoms with E-state index in [1.54, 1.807) is 29.7 Å². The van der Waals surface area contributed by atoms with Crippen LogP contribution >= 0.6 is 0 Å². The van der Waals surface area contributed by atoms with Crippen LogP contribution in [-0.4, -0.2) is 57.5 Å². The third-order valence-corrected chi connectivity index (χ3v) is 3.61. The van der Waals surface area contributed by atoms with Gasteiger partial charge in [0.25, 0.3) is 5.91 Å². The molecule has 0 radical (unpaired) electrons. The first kappa shape index (κ1) is 14.5. The van der Waals surface area contributed by atoms with Crippen LogP contribution in [0.5, 0.6) is 0 Å². The molecule has 2 rings (SSSR count). The first-order valence-corrected chi connectivity index (χ1v) is 6.57. The largest absolute Gasteiger partial charge is 0.481 e. The summed E-state index contributed by atoms with van der Waals surface area (Å²) in [6.07, 6.45) is 1.66. The lowest BCUT2D eigenvalue weighted by atomic mass is 10.0. The van der Waals surface area contributed by atoms with Crippen LogP contribution in [0.3, 0.4) is 0 Å². The van der Waals surface area contributed by atoms with Gasteiger partial charge in [-0.25, -0.2) is 0 Å². The molecule has 0 saturated carbocycles. The van der Waals surface area contributed by atoms with Crippen molar-refractivity contribution in [3.8, 4) is 0 Å². The lowest BCUT2D eigenvalue weighted by molar-refractivity contribution is -0.142. The number of aromatic nitrogens is 2. The summed E-state index contributed by atoms with van der Waals surface area (Å²) < 4.78 is 6.82. The zero-order valence-corrected chi connectivity index (χ0v) is 11.9. The van der Waals surface area contributed by atoms with E-state index in [4.69, 9.17) is 4.74 Å². The molecule has 2 atom stereocenters. The van der Waals surface area contributed by atoms with E-state index in [2.05, 4.69) is 5.10 Å². The molecular formula is C13H19N3O4. The lowest BCUT2D eigenvalue weighted by Gasteiger charge is -2.29. The van der Waals surface area contributed by atoms with Crippen LogP contribution in [0.4, 0.5) is 0 Å². The summed E-state index contributed by atoms with van der Waals surface area (Å²) in [4.78, 5) is 25.4. The Balaban J connectivity index is 2.26. The maximum absolute atomic E-state index is 12.6. The molecule has 20 heavy (non-hydrogen) atoms. The number of carbonyl (C=O) groups excluding carboxylic acids is 1. The van der Waals surface area contributed by atoms with Gasteiger partial charge in [0.15, 0.2) is 0 Å². The molecule has 1 aliphatic heterocycles. The van der Waals surface area contributed by atoms with E-state index in [1.165, 1.54) is 0 Å². The second-order valence-electron chi connectivity index (χ2n) is 4.94. The normalized spacial score (nSPS) is 21.9. The molecule has 2 heterocycles. The number of carboxylic acids is 1. The molecule has 1 aromatic rings. The number of aryl methyl sites for hydroxylation is 2. The first-order valence-electron chi connectivity index (χ1n) is 6.57. The topological polar surface area (TPSA) is 84.7 Å². The van der Waals surface area contributed by atoms with Crippen molar-refractivity contribution in [1.82, 2.24) is 14.7 Å². The molecule has 0 spiro atoms. The number of ether oxygens (including phenoxy) is 1. The highest BCUT2D eigenvalue weighted by molar-refractivity contribution is 5.95. The second-order valence-corrected chi connectivity index (χ2v) is 4.94. The number of likely N-dealkylation sites (N-methyl/N-ethyl adjacent to an activating group) is 1. The Bertz CT molecular complexity index is 526. The number of rotatable bonds is 4. The van der Waals surface area contributed by atoms with E-state index < -0.39 is 17.9 Å². The lowest BCUT2D eigenvalue weighted by Crippen LogP contribution is -2.46. The molecular weight excluding hydrogens is 262 g/mol. The summed E-state index contributed by atoms with van der Waals surface area (Å²) in [6.45, 7) is 4.44. The first-order chi connectivity index (χ1) is 9.45. The maximum Gasteiger partial charge on any atom is 0.311 e. The minimum Gasteiger partial charge on any atom is -0.481 e. The Morgan fingerprint density at radius 3 is 2.75 bits per heavy atom. The molecule has 0 aromatic carbocycles. The van der Waals surface area contributed by atoms with Gasteiger partial charge in [-0.05, 0) is 13.8 Å². The standard InChI is InChI=1S/C13H19N3O4/c1-4-16(11-7-20-6-10(11)13(18)19)12(17)9-5-15(3)14-8(9)2/h5,10-11H,4,6-7H2,1-3H3,(H,18,19). The van der Waals surface area contributed by atoms with Crippen molar-refractivity contribution in [3.63, 3.8) is 0 Å². The van der Waals surface area contributed by atoms with Crippen molar-refractivity contribution in [2.75, 3.05) is 19.8 Å². The average Bonchev–Trinajstić information content (AvgIpc) is 2.97. The molecule has 1 amide bonds.